The molecule has 5 nitrogen and oxygen atoms in total. The summed E-state index contributed by atoms with van der Waals surface area (Å²) in [4.78, 5) is 25.9. The molecule has 2 heterocycles. The Morgan fingerprint density at radius 2 is 1.84 bits per heavy atom. The van der Waals surface area contributed by atoms with Gasteiger partial charge in [0.05, 0.1) is 6.26 Å². The van der Waals surface area contributed by atoms with Crippen LogP contribution in [-0.4, -0.2) is 36.3 Å². The number of carbonyl (C=O) groups is 2. The first-order valence-electron chi connectivity index (χ1n) is 8.86. The van der Waals surface area contributed by atoms with Crippen molar-refractivity contribution in [1.29, 1.82) is 0 Å². The number of hydrogen-bond donors (Lipinski definition) is 1. The van der Waals surface area contributed by atoms with E-state index in [0.717, 1.165) is 32.4 Å². The number of piperidine rings is 1. The second-order valence-electron chi connectivity index (χ2n) is 6.50. The maximum Gasteiger partial charge on any atom is 0.286 e. The molecule has 0 spiro atoms. The molecule has 1 N–H and O–H groups in total. The van der Waals surface area contributed by atoms with Gasteiger partial charge >= 0.3 is 0 Å². The molecule has 0 unspecified atom stereocenters. The Labute approximate surface area is 148 Å². The van der Waals surface area contributed by atoms with Crippen LogP contribution in [0.15, 0.2) is 53.1 Å². The zero-order chi connectivity index (χ0) is 17.5. The highest BCUT2D eigenvalue weighted by Gasteiger charge is 2.22. The predicted molar refractivity (Wildman–Crippen MR) is 95.1 cm³/mol. The van der Waals surface area contributed by atoms with E-state index in [-0.39, 0.29) is 17.6 Å². The van der Waals surface area contributed by atoms with Crippen molar-refractivity contribution in [2.24, 2.45) is 5.92 Å². The fourth-order valence-corrected chi connectivity index (χ4v) is 3.27. The molecule has 0 atom stereocenters. The van der Waals surface area contributed by atoms with Crippen molar-refractivity contribution in [1.82, 2.24) is 10.2 Å². The summed E-state index contributed by atoms with van der Waals surface area (Å²) >= 11 is 0. The fraction of sp³-hybridized carbons (Fsp3) is 0.400. The van der Waals surface area contributed by atoms with Gasteiger partial charge in [-0.3, -0.25) is 9.59 Å². The van der Waals surface area contributed by atoms with Crippen LogP contribution in [0.2, 0.25) is 0 Å². The lowest BCUT2D eigenvalue weighted by Gasteiger charge is -2.32. The van der Waals surface area contributed by atoms with Crippen molar-refractivity contribution in [3.8, 4) is 0 Å². The minimum atomic E-state index is -0.278. The molecule has 0 saturated carbocycles. The Morgan fingerprint density at radius 3 is 2.52 bits per heavy atom. The molecule has 1 saturated heterocycles. The van der Waals surface area contributed by atoms with Crippen LogP contribution in [-0.2, 0) is 11.2 Å². The highest BCUT2D eigenvalue weighted by Crippen LogP contribution is 2.22. The number of hydrogen-bond acceptors (Lipinski definition) is 3. The number of furan rings is 1. The van der Waals surface area contributed by atoms with Crippen LogP contribution >= 0.6 is 0 Å². The lowest BCUT2D eigenvalue weighted by Crippen LogP contribution is -2.40. The molecule has 3 rings (SSSR count). The lowest BCUT2D eigenvalue weighted by molar-refractivity contribution is -0.132. The van der Waals surface area contributed by atoms with E-state index in [2.05, 4.69) is 29.6 Å². The minimum Gasteiger partial charge on any atom is -0.459 e. The maximum absolute atomic E-state index is 12.3. The molecular formula is C20H24N2O3. The molecule has 0 aliphatic carbocycles. The number of nitrogens with zero attached hydrogens (tertiary/aromatic N) is 1. The Balaban J connectivity index is 1.36. The summed E-state index contributed by atoms with van der Waals surface area (Å²) in [7, 11) is 0. The largest absolute Gasteiger partial charge is 0.459 e. The van der Waals surface area contributed by atoms with E-state index >= 15 is 0 Å². The summed E-state index contributed by atoms with van der Waals surface area (Å²) in [6, 6.07) is 13.8. The molecule has 1 aromatic carbocycles. The number of likely N-dealkylation sites (tertiary alicyclic amines) is 1. The zero-order valence-electron chi connectivity index (χ0n) is 14.3. The van der Waals surface area contributed by atoms with E-state index in [1.165, 1.54) is 11.8 Å². The summed E-state index contributed by atoms with van der Waals surface area (Å²) in [6.45, 7) is 1.95. The van der Waals surface area contributed by atoms with E-state index < -0.39 is 0 Å². The Kier molecular flexibility index (Phi) is 5.88. The van der Waals surface area contributed by atoms with Gasteiger partial charge in [-0.15, -0.1) is 0 Å². The van der Waals surface area contributed by atoms with Gasteiger partial charge in [-0.1, -0.05) is 30.3 Å². The number of amides is 2. The van der Waals surface area contributed by atoms with Crippen LogP contribution in [0.1, 0.15) is 35.4 Å². The van der Waals surface area contributed by atoms with E-state index in [1.807, 2.05) is 11.0 Å². The van der Waals surface area contributed by atoms with Crippen LogP contribution in [0.4, 0.5) is 0 Å². The van der Waals surface area contributed by atoms with Gasteiger partial charge in [-0.05, 0) is 42.9 Å². The number of rotatable bonds is 6. The van der Waals surface area contributed by atoms with Gasteiger partial charge in [0.25, 0.3) is 5.91 Å². The molecule has 1 fully saturated rings. The normalized spacial score (nSPS) is 15.1. The number of benzene rings is 1. The van der Waals surface area contributed by atoms with Gasteiger partial charge < -0.3 is 14.6 Å². The molecule has 0 radical (unpaired) electrons. The molecule has 1 aliphatic rings. The van der Waals surface area contributed by atoms with Crippen LogP contribution in [0.25, 0.3) is 0 Å². The summed E-state index contributed by atoms with van der Waals surface area (Å²) in [5.41, 5.74) is 1.37. The minimum absolute atomic E-state index is 0.109. The van der Waals surface area contributed by atoms with E-state index in [9.17, 15) is 9.59 Å². The first kappa shape index (κ1) is 17.3. The first-order chi connectivity index (χ1) is 12.2. The molecule has 1 aliphatic heterocycles. The summed E-state index contributed by atoms with van der Waals surface area (Å²) in [6.07, 6.45) is 4.95. The zero-order valence-corrected chi connectivity index (χ0v) is 14.3. The van der Waals surface area contributed by atoms with E-state index in [0.29, 0.717) is 18.9 Å². The Hall–Kier alpha value is -2.56. The molecular weight excluding hydrogens is 316 g/mol. The van der Waals surface area contributed by atoms with Gasteiger partial charge in [0.15, 0.2) is 5.76 Å². The lowest BCUT2D eigenvalue weighted by atomic mass is 9.90. The molecule has 1 aromatic heterocycles. The van der Waals surface area contributed by atoms with E-state index in [1.54, 1.807) is 12.1 Å². The maximum atomic E-state index is 12.3. The van der Waals surface area contributed by atoms with Gasteiger partial charge in [0.1, 0.15) is 0 Å². The molecule has 5 heteroatoms. The van der Waals surface area contributed by atoms with Gasteiger partial charge in [0, 0.05) is 26.1 Å². The van der Waals surface area contributed by atoms with E-state index in [4.69, 9.17) is 4.42 Å². The third-order valence-electron chi connectivity index (χ3n) is 4.70. The summed E-state index contributed by atoms with van der Waals surface area (Å²) in [5.74, 6) is 0.747. The quantitative estimate of drug-likeness (QED) is 0.879. The highest BCUT2D eigenvalue weighted by molar-refractivity contribution is 5.91. The van der Waals surface area contributed by atoms with Crippen molar-refractivity contribution in [2.75, 3.05) is 19.6 Å². The second-order valence-corrected chi connectivity index (χ2v) is 6.50. The third-order valence-corrected chi connectivity index (χ3v) is 4.70. The predicted octanol–water partition coefficient (Wildman–Crippen LogP) is 2.88. The average molecular weight is 340 g/mol. The van der Waals surface area contributed by atoms with Crippen molar-refractivity contribution in [3.63, 3.8) is 0 Å². The standard InChI is InChI=1S/C20H24N2O3/c23-19(8-11-21-20(24)18-7-4-14-25-18)22-12-9-17(10-13-22)15-16-5-2-1-3-6-16/h1-7,14,17H,8-13,15H2,(H,21,24). The summed E-state index contributed by atoms with van der Waals surface area (Å²) < 4.78 is 5.02. The number of carbonyl (C=O) groups excluding carboxylic acids is 2. The fourth-order valence-electron chi connectivity index (χ4n) is 3.27. The summed E-state index contributed by atoms with van der Waals surface area (Å²) in [5, 5.41) is 2.72. The smallest absolute Gasteiger partial charge is 0.286 e. The second kappa shape index (κ2) is 8.51. The average Bonchev–Trinajstić information content (AvgIpc) is 3.18. The van der Waals surface area contributed by atoms with Crippen LogP contribution in [0, 0.1) is 5.92 Å². The van der Waals surface area contributed by atoms with Crippen molar-refractivity contribution < 1.29 is 14.0 Å². The first-order valence-corrected chi connectivity index (χ1v) is 8.86. The van der Waals surface area contributed by atoms with Crippen LogP contribution in [0.3, 0.4) is 0 Å². The van der Waals surface area contributed by atoms with Gasteiger partial charge in [0.2, 0.25) is 5.91 Å². The van der Waals surface area contributed by atoms with Crippen molar-refractivity contribution in [2.45, 2.75) is 25.7 Å². The monoisotopic (exact) mass is 340 g/mol. The van der Waals surface area contributed by atoms with Crippen LogP contribution < -0.4 is 5.32 Å². The molecule has 2 aromatic rings. The van der Waals surface area contributed by atoms with Crippen LogP contribution in [0.5, 0.6) is 0 Å². The topological polar surface area (TPSA) is 62.6 Å². The molecule has 25 heavy (non-hydrogen) atoms. The molecule has 2 amide bonds. The third kappa shape index (κ3) is 4.95. The Morgan fingerprint density at radius 1 is 1.08 bits per heavy atom. The van der Waals surface area contributed by atoms with Gasteiger partial charge in [-0.2, -0.15) is 0 Å². The molecule has 132 valence electrons. The van der Waals surface area contributed by atoms with Gasteiger partial charge in [-0.25, -0.2) is 0 Å². The number of nitrogens with one attached hydrogen (secondary N) is 1. The van der Waals surface area contributed by atoms with Crippen molar-refractivity contribution >= 4 is 11.8 Å². The highest BCUT2D eigenvalue weighted by atomic mass is 16.3. The molecule has 0 bridgehead atoms. The SMILES string of the molecule is O=C(NCCC(=O)N1CCC(Cc2ccccc2)CC1)c1ccco1. The Bertz CT molecular complexity index is 674. The van der Waals surface area contributed by atoms with Crippen molar-refractivity contribution in [3.05, 3.63) is 60.1 Å².